The summed E-state index contributed by atoms with van der Waals surface area (Å²) in [7, 11) is 0. The number of nitrogens with zero attached hydrogens (tertiary/aromatic N) is 2. The van der Waals surface area contributed by atoms with E-state index in [0.29, 0.717) is 18.7 Å². The van der Waals surface area contributed by atoms with Crippen molar-refractivity contribution in [3.05, 3.63) is 89.6 Å². The number of nitrogens with one attached hydrogen (secondary N) is 1. The van der Waals surface area contributed by atoms with Gasteiger partial charge in [0.05, 0.1) is 17.3 Å². The fraction of sp³-hybridized carbons (Fsp3) is 0.182. The van der Waals surface area contributed by atoms with Crippen LogP contribution in [-0.4, -0.2) is 22.0 Å². The normalized spacial score (nSPS) is 11.0. The van der Waals surface area contributed by atoms with E-state index in [1.807, 2.05) is 18.2 Å². The van der Waals surface area contributed by atoms with E-state index in [1.165, 1.54) is 17.4 Å². The van der Waals surface area contributed by atoms with E-state index < -0.39 is 0 Å². The summed E-state index contributed by atoms with van der Waals surface area (Å²) in [6, 6.07) is 20.0. The Morgan fingerprint density at radius 2 is 1.89 bits per heavy atom. The van der Waals surface area contributed by atoms with Gasteiger partial charge < -0.3 is 14.3 Å². The third kappa shape index (κ3) is 3.77. The molecule has 0 saturated carbocycles. The van der Waals surface area contributed by atoms with Gasteiger partial charge in [-0.2, -0.15) is 0 Å². The van der Waals surface area contributed by atoms with E-state index in [1.54, 1.807) is 12.1 Å². The summed E-state index contributed by atoms with van der Waals surface area (Å²) in [6.07, 6.45) is 2.14. The molecule has 4 rings (SSSR count). The fourth-order valence-corrected chi connectivity index (χ4v) is 3.15. The summed E-state index contributed by atoms with van der Waals surface area (Å²) in [5.41, 5.74) is 4.54. The van der Waals surface area contributed by atoms with Crippen LogP contribution in [0.2, 0.25) is 0 Å². The van der Waals surface area contributed by atoms with Crippen molar-refractivity contribution in [2.75, 3.05) is 6.54 Å². The molecule has 0 saturated heterocycles. The van der Waals surface area contributed by atoms with Crippen molar-refractivity contribution >= 4 is 16.9 Å². The van der Waals surface area contributed by atoms with E-state index in [4.69, 9.17) is 9.40 Å². The zero-order valence-corrected chi connectivity index (χ0v) is 15.2. The Morgan fingerprint density at radius 3 is 2.67 bits per heavy atom. The van der Waals surface area contributed by atoms with E-state index in [2.05, 4.69) is 47.1 Å². The molecule has 0 fully saturated rings. The van der Waals surface area contributed by atoms with Gasteiger partial charge in [-0.3, -0.25) is 4.79 Å². The number of aryl methyl sites for hydroxylation is 1. The second-order valence-corrected chi connectivity index (χ2v) is 6.57. The lowest BCUT2D eigenvalue weighted by molar-refractivity contribution is 0.0926. The minimum Gasteiger partial charge on any atom is -0.459 e. The van der Waals surface area contributed by atoms with Gasteiger partial charge >= 0.3 is 0 Å². The molecular weight excluding hydrogens is 338 g/mol. The minimum absolute atomic E-state index is 0.207. The molecule has 0 aliphatic rings. The number of amides is 1. The number of carbonyl (C=O) groups excluding carboxylic acids is 1. The van der Waals surface area contributed by atoms with Gasteiger partial charge in [0.15, 0.2) is 5.76 Å². The fourth-order valence-electron chi connectivity index (χ4n) is 3.15. The van der Waals surface area contributed by atoms with Crippen molar-refractivity contribution in [2.45, 2.75) is 19.9 Å². The molecule has 0 spiro atoms. The molecule has 2 aromatic heterocycles. The average Bonchev–Trinajstić information content (AvgIpc) is 3.33. The zero-order valence-electron chi connectivity index (χ0n) is 15.2. The molecule has 2 aromatic carbocycles. The predicted molar refractivity (Wildman–Crippen MR) is 105 cm³/mol. The smallest absolute Gasteiger partial charge is 0.286 e. The van der Waals surface area contributed by atoms with Gasteiger partial charge in [-0.1, -0.05) is 42.0 Å². The van der Waals surface area contributed by atoms with E-state index in [9.17, 15) is 4.79 Å². The molecule has 136 valence electrons. The van der Waals surface area contributed by atoms with Gasteiger partial charge in [-0.05, 0) is 36.8 Å². The standard InChI is InChI=1S/C22H21N3O2/c1-16-8-10-17(11-9-16)15-25-19-6-3-2-5-18(19)24-21(25)12-13-23-22(26)20-7-4-14-27-20/h2-11,14H,12-13,15H2,1H3,(H,23,26). The second-order valence-electron chi connectivity index (χ2n) is 6.57. The molecule has 2 heterocycles. The lowest BCUT2D eigenvalue weighted by atomic mass is 10.1. The Kier molecular flexibility index (Phi) is 4.75. The number of fused-ring (bicyclic) bond motifs is 1. The Bertz CT molecular complexity index is 1050. The predicted octanol–water partition coefficient (Wildman–Crippen LogP) is 3.96. The highest BCUT2D eigenvalue weighted by Crippen LogP contribution is 2.18. The van der Waals surface area contributed by atoms with Gasteiger partial charge in [0, 0.05) is 19.5 Å². The highest BCUT2D eigenvalue weighted by atomic mass is 16.3. The van der Waals surface area contributed by atoms with Gasteiger partial charge in [0.2, 0.25) is 0 Å². The first-order chi connectivity index (χ1) is 13.2. The molecule has 4 aromatic rings. The van der Waals surface area contributed by atoms with Gasteiger partial charge in [0.1, 0.15) is 5.82 Å². The second kappa shape index (κ2) is 7.50. The van der Waals surface area contributed by atoms with E-state index >= 15 is 0 Å². The van der Waals surface area contributed by atoms with Crippen LogP contribution in [0.4, 0.5) is 0 Å². The maximum Gasteiger partial charge on any atom is 0.286 e. The van der Waals surface area contributed by atoms with Crippen molar-refractivity contribution in [3.8, 4) is 0 Å². The first-order valence-electron chi connectivity index (χ1n) is 9.02. The molecule has 0 atom stereocenters. The molecule has 5 heteroatoms. The summed E-state index contributed by atoms with van der Waals surface area (Å²) in [5, 5.41) is 2.89. The maximum absolute atomic E-state index is 12.0. The molecule has 0 radical (unpaired) electrons. The molecule has 0 aliphatic heterocycles. The number of furan rings is 1. The lowest BCUT2D eigenvalue weighted by Gasteiger charge is -2.10. The number of para-hydroxylation sites is 2. The number of rotatable bonds is 6. The lowest BCUT2D eigenvalue weighted by Crippen LogP contribution is -2.26. The number of aromatic nitrogens is 2. The average molecular weight is 359 g/mol. The largest absolute Gasteiger partial charge is 0.459 e. The van der Waals surface area contributed by atoms with Crippen molar-refractivity contribution in [3.63, 3.8) is 0 Å². The first kappa shape index (κ1) is 17.1. The van der Waals surface area contributed by atoms with Crippen molar-refractivity contribution < 1.29 is 9.21 Å². The maximum atomic E-state index is 12.0. The summed E-state index contributed by atoms with van der Waals surface area (Å²) in [4.78, 5) is 16.8. The molecule has 1 N–H and O–H groups in total. The summed E-state index contributed by atoms with van der Waals surface area (Å²) in [6.45, 7) is 3.34. The van der Waals surface area contributed by atoms with E-state index in [-0.39, 0.29) is 5.91 Å². The topological polar surface area (TPSA) is 60.1 Å². The Balaban J connectivity index is 1.54. The highest BCUT2D eigenvalue weighted by Gasteiger charge is 2.12. The van der Waals surface area contributed by atoms with E-state index in [0.717, 1.165) is 23.4 Å². The monoisotopic (exact) mass is 359 g/mol. The third-order valence-corrected chi connectivity index (χ3v) is 4.57. The van der Waals surface area contributed by atoms with Crippen LogP contribution in [0, 0.1) is 6.92 Å². The van der Waals surface area contributed by atoms with Crippen LogP contribution in [0.1, 0.15) is 27.5 Å². The quantitative estimate of drug-likeness (QED) is 0.567. The van der Waals surface area contributed by atoms with Crippen LogP contribution >= 0.6 is 0 Å². The van der Waals surface area contributed by atoms with Crippen molar-refractivity contribution in [1.82, 2.24) is 14.9 Å². The SMILES string of the molecule is Cc1ccc(Cn2c(CCNC(=O)c3ccco3)nc3ccccc32)cc1. The molecule has 5 nitrogen and oxygen atoms in total. The Labute approximate surface area is 157 Å². The van der Waals surface area contributed by atoms with Crippen molar-refractivity contribution in [1.29, 1.82) is 0 Å². The Hall–Kier alpha value is -3.34. The van der Waals surface area contributed by atoms with Crippen LogP contribution in [0.3, 0.4) is 0 Å². The molecule has 27 heavy (non-hydrogen) atoms. The van der Waals surface area contributed by atoms with Crippen molar-refractivity contribution in [2.24, 2.45) is 0 Å². The number of imidazole rings is 1. The molecule has 0 aliphatic carbocycles. The zero-order chi connectivity index (χ0) is 18.6. The molecular formula is C22H21N3O2. The van der Waals surface area contributed by atoms with Gasteiger partial charge in [-0.15, -0.1) is 0 Å². The number of hydrogen-bond donors (Lipinski definition) is 1. The molecule has 1 amide bonds. The number of benzene rings is 2. The van der Waals surface area contributed by atoms with Crippen LogP contribution < -0.4 is 5.32 Å². The number of hydrogen-bond acceptors (Lipinski definition) is 3. The van der Waals surface area contributed by atoms with Crippen LogP contribution in [0.25, 0.3) is 11.0 Å². The molecule has 0 unspecified atom stereocenters. The number of carbonyl (C=O) groups is 1. The van der Waals surface area contributed by atoms with Crippen LogP contribution in [-0.2, 0) is 13.0 Å². The summed E-state index contributed by atoms with van der Waals surface area (Å²) < 4.78 is 7.35. The first-order valence-corrected chi connectivity index (χ1v) is 9.02. The summed E-state index contributed by atoms with van der Waals surface area (Å²) >= 11 is 0. The van der Waals surface area contributed by atoms with Crippen LogP contribution in [0.15, 0.2) is 71.3 Å². The van der Waals surface area contributed by atoms with Gasteiger partial charge in [-0.25, -0.2) is 4.98 Å². The van der Waals surface area contributed by atoms with Gasteiger partial charge in [0.25, 0.3) is 5.91 Å². The molecule has 0 bridgehead atoms. The van der Waals surface area contributed by atoms with Crippen LogP contribution in [0.5, 0.6) is 0 Å². The Morgan fingerprint density at radius 1 is 1.07 bits per heavy atom. The summed E-state index contributed by atoms with van der Waals surface area (Å²) in [5.74, 6) is 1.07. The third-order valence-electron chi connectivity index (χ3n) is 4.57. The highest BCUT2D eigenvalue weighted by molar-refractivity contribution is 5.91. The minimum atomic E-state index is -0.207.